The first kappa shape index (κ1) is 11.4. The number of alkyl halides is 3. The van der Waals surface area contributed by atoms with Crippen LogP contribution < -0.4 is 0 Å². The summed E-state index contributed by atoms with van der Waals surface area (Å²) >= 11 is 0. The Hall–Kier alpha value is -1.65. The minimum Gasteiger partial charge on any atom is -0.298 e. The van der Waals surface area contributed by atoms with E-state index in [1.165, 1.54) is 13.0 Å². The number of carbonyl (C=O) groups excluding carboxylic acids is 2. The zero-order valence-electron chi connectivity index (χ0n) is 7.76. The molecule has 0 amide bonds. The van der Waals surface area contributed by atoms with E-state index in [-0.39, 0.29) is 5.56 Å². The fourth-order valence-corrected chi connectivity index (χ4v) is 1.18. The van der Waals surface area contributed by atoms with E-state index in [4.69, 9.17) is 0 Å². The highest BCUT2D eigenvalue weighted by Gasteiger charge is 2.39. The Morgan fingerprint density at radius 3 is 2.33 bits per heavy atom. The second kappa shape index (κ2) is 3.84. The Kier molecular flexibility index (Phi) is 2.93. The normalized spacial score (nSPS) is 11.2. The summed E-state index contributed by atoms with van der Waals surface area (Å²) < 4.78 is 36.2. The predicted molar refractivity (Wildman–Crippen MR) is 47.0 cm³/mol. The summed E-state index contributed by atoms with van der Waals surface area (Å²) in [7, 11) is 0. The molecule has 0 unspecified atom stereocenters. The van der Waals surface area contributed by atoms with Crippen LogP contribution in [0, 0.1) is 6.92 Å². The standard InChI is InChI=1S/C10H7F3O2/c1-6-2-7(5-14)4-8(3-6)9(15)10(11,12)13/h2-5H,1H3. The number of aldehydes is 1. The number of aryl methyl sites for hydroxylation is 1. The SMILES string of the molecule is Cc1cc(C=O)cc(C(=O)C(F)(F)F)c1. The summed E-state index contributed by atoms with van der Waals surface area (Å²) in [5.41, 5.74) is -0.0144. The lowest BCUT2D eigenvalue weighted by molar-refractivity contribution is -0.0885. The zero-order valence-corrected chi connectivity index (χ0v) is 7.76. The van der Waals surface area contributed by atoms with Crippen molar-refractivity contribution in [3.05, 3.63) is 34.9 Å². The first-order valence-electron chi connectivity index (χ1n) is 4.03. The van der Waals surface area contributed by atoms with Crippen molar-refractivity contribution in [1.82, 2.24) is 0 Å². The Morgan fingerprint density at radius 2 is 1.87 bits per heavy atom. The molecule has 0 aromatic heterocycles. The lowest BCUT2D eigenvalue weighted by Gasteiger charge is -2.06. The Bertz CT molecular complexity index is 408. The molecule has 0 spiro atoms. The molecule has 1 aromatic rings. The molecule has 0 radical (unpaired) electrons. The maximum atomic E-state index is 12.1. The van der Waals surface area contributed by atoms with Crippen molar-refractivity contribution < 1.29 is 22.8 Å². The minimum atomic E-state index is -4.91. The van der Waals surface area contributed by atoms with Gasteiger partial charge in [-0.05, 0) is 30.7 Å². The summed E-state index contributed by atoms with van der Waals surface area (Å²) in [6.07, 6.45) is -4.51. The first-order valence-corrected chi connectivity index (χ1v) is 4.03. The highest BCUT2D eigenvalue weighted by Crippen LogP contribution is 2.22. The number of hydrogen-bond acceptors (Lipinski definition) is 2. The second-order valence-electron chi connectivity index (χ2n) is 3.08. The van der Waals surface area contributed by atoms with Crippen molar-refractivity contribution in [1.29, 1.82) is 0 Å². The predicted octanol–water partition coefficient (Wildman–Crippen LogP) is 2.55. The fourth-order valence-electron chi connectivity index (χ4n) is 1.18. The molecule has 0 fully saturated rings. The van der Waals surface area contributed by atoms with Crippen LogP contribution in [0.25, 0.3) is 0 Å². The molecule has 15 heavy (non-hydrogen) atoms. The van der Waals surface area contributed by atoms with Gasteiger partial charge in [-0.15, -0.1) is 0 Å². The van der Waals surface area contributed by atoms with Gasteiger partial charge >= 0.3 is 6.18 Å². The van der Waals surface area contributed by atoms with Gasteiger partial charge in [-0.2, -0.15) is 13.2 Å². The number of rotatable bonds is 2. The van der Waals surface area contributed by atoms with Gasteiger partial charge in [0.25, 0.3) is 5.78 Å². The van der Waals surface area contributed by atoms with Crippen LogP contribution >= 0.6 is 0 Å². The van der Waals surface area contributed by atoms with E-state index >= 15 is 0 Å². The highest BCUT2D eigenvalue weighted by atomic mass is 19.4. The van der Waals surface area contributed by atoms with Gasteiger partial charge < -0.3 is 0 Å². The maximum absolute atomic E-state index is 12.1. The molecular weight excluding hydrogens is 209 g/mol. The molecule has 5 heteroatoms. The molecule has 0 N–H and O–H groups in total. The molecule has 0 heterocycles. The molecule has 0 aliphatic rings. The molecule has 1 rings (SSSR count). The third-order valence-electron chi connectivity index (χ3n) is 1.76. The third-order valence-corrected chi connectivity index (χ3v) is 1.76. The van der Waals surface area contributed by atoms with Crippen molar-refractivity contribution in [2.45, 2.75) is 13.1 Å². The Balaban J connectivity index is 3.21. The van der Waals surface area contributed by atoms with Gasteiger partial charge in [0.2, 0.25) is 0 Å². The molecule has 80 valence electrons. The first-order chi connectivity index (χ1) is 6.84. The van der Waals surface area contributed by atoms with Gasteiger partial charge in [0.15, 0.2) is 0 Å². The number of halogens is 3. The maximum Gasteiger partial charge on any atom is 0.454 e. The van der Waals surface area contributed by atoms with E-state index < -0.39 is 17.5 Å². The van der Waals surface area contributed by atoms with Crippen LogP contribution in [0.4, 0.5) is 13.2 Å². The van der Waals surface area contributed by atoms with Crippen molar-refractivity contribution >= 4 is 12.1 Å². The summed E-state index contributed by atoms with van der Waals surface area (Å²) in [5, 5.41) is 0. The van der Waals surface area contributed by atoms with Gasteiger partial charge in [-0.25, -0.2) is 0 Å². The zero-order chi connectivity index (χ0) is 11.6. The fraction of sp³-hybridized carbons (Fsp3) is 0.200. The smallest absolute Gasteiger partial charge is 0.298 e. The van der Waals surface area contributed by atoms with E-state index in [0.29, 0.717) is 11.8 Å². The van der Waals surface area contributed by atoms with Crippen LogP contribution in [0.2, 0.25) is 0 Å². The van der Waals surface area contributed by atoms with Crippen LogP contribution in [0.1, 0.15) is 26.3 Å². The van der Waals surface area contributed by atoms with Crippen LogP contribution in [0.5, 0.6) is 0 Å². The Labute approximate surface area is 83.7 Å². The van der Waals surface area contributed by atoms with E-state index in [9.17, 15) is 22.8 Å². The van der Waals surface area contributed by atoms with E-state index in [0.717, 1.165) is 12.1 Å². The molecule has 0 aliphatic carbocycles. The lowest BCUT2D eigenvalue weighted by Crippen LogP contribution is -2.22. The van der Waals surface area contributed by atoms with Crippen molar-refractivity contribution in [3.63, 3.8) is 0 Å². The average Bonchev–Trinajstić information content (AvgIpc) is 2.14. The van der Waals surface area contributed by atoms with Crippen LogP contribution in [0.3, 0.4) is 0 Å². The number of Topliss-reactive ketones (excluding diaryl/α,β-unsaturated/α-hetero) is 1. The van der Waals surface area contributed by atoms with E-state index in [1.807, 2.05) is 0 Å². The van der Waals surface area contributed by atoms with E-state index in [2.05, 4.69) is 0 Å². The molecule has 1 aromatic carbocycles. The number of benzene rings is 1. The summed E-state index contributed by atoms with van der Waals surface area (Å²) in [6, 6.07) is 3.43. The quantitative estimate of drug-likeness (QED) is 0.562. The van der Waals surface area contributed by atoms with E-state index in [1.54, 1.807) is 0 Å². The number of hydrogen-bond donors (Lipinski definition) is 0. The topological polar surface area (TPSA) is 34.1 Å². The molecule has 0 saturated heterocycles. The summed E-state index contributed by atoms with van der Waals surface area (Å²) in [6.45, 7) is 1.51. The molecule has 0 bridgehead atoms. The molecule has 0 atom stereocenters. The molecule has 0 saturated carbocycles. The van der Waals surface area contributed by atoms with Crippen LogP contribution in [-0.2, 0) is 0 Å². The average molecular weight is 216 g/mol. The van der Waals surface area contributed by atoms with Crippen LogP contribution in [-0.4, -0.2) is 18.2 Å². The number of ketones is 1. The van der Waals surface area contributed by atoms with Crippen molar-refractivity contribution in [2.24, 2.45) is 0 Å². The lowest BCUT2D eigenvalue weighted by atomic mass is 10.0. The van der Waals surface area contributed by atoms with Gasteiger partial charge in [0.1, 0.15) is 6.29 Å². The van der Waals surface area contributed by atoms with Gasteiger partial charge in [-0.3, -0.25) is 9.59 Å². The summed E-state index contributed by atoms with van der Waals surface area (Å²) in [5.74, 6) is -1.94. The molecular formula is C10H7F3O2. The number of carbonyl (C=O) groups is 2. The molecule has 2 nitrogen and oxygen atoms in total. The van der Waals surface area contributed by atoms with Gasteiger partial charge in [-0.1, -0.05) is 0 Å². The van der Waals surface area contributed by atoms with Crippen LogP contribution in [0.15, 0.2) is 18.2 Å². The minimum absolute atomic E-state index is 0.0580. The summed E-state index contributed by atoms with van der Waals surface area (Å²) in [4.78, 5) is 21.2. The highest BCUT2D eigenvalue weighted by molar-refractivity contribution is 6.01. The molecule has 0 aliphatic heterocycles. The van der Waals surface area contributed by atoms with Gasteiger partial charge in [0, 0.05) is 11.1 Å². The van der Waals surface area contributed by atoms with Crippen molar-refractivity contribution in [3.8, 4) is 0 Å². The van der Waals surface area contributed by atoms with Gasteiger partial charge in [0.05, 0.1) is 0 Å². The Morgan fingerprint density at radius 1 is 1.27 bits per heavy atom. The third kappa shape index (κ3) is 2.65. The second-order valence-corrected chi connectivity index (χ2v) is 3.08. The van der Waals surface area contributed by atoms with Crippen molar-refractivity contribution in [2.75, 3.05) is 0 Å². The largest absolute Gasteiger partial charge is 0.454 e. The monoisotopic (exact) mass is 216 g/mol.